The molecule has 0 atom stereocenters. The maximum Gasteiger partial charge on any atom is 0.284 e. The number of amides is 1. The molecule has 30 heavy (non-hydrogen) atoms. The van der Waals surface area contributed by atoms with Crippen LogP contribution < -0.4 is 10.9 Å². The third-order valence-electron chi connectivity index (χ3n) is 5.18. The lowest BCUT2D eigenvalue weighted by Gasteiger charge is -2.34. The summed E-state index contributed by atoms with van der Waals surface area (Å²) in [5.41, 5.74) is 0.513. The van der Waals surface area contributed by atoms with Crippen molar-refractivity contribution in [2.45, 2.75) is 18.9 Å². The van der Waals surface area contributed by atoms with Crippen molar-refractivity contribution in [1.82, 2.24) is 15.1 Å². The topological polar surface area (TPSA) is 84.2 Å². The molecule has 0 spiro atoms. The van der Waals surface area contributed by atoms with Crippen molar-refractivity contribution in [3.63, 3.8) is 0 Å². The molecule has 1 aliphatic carbocycles. The largest absolute Gasteiger partial charge is 0.396 e. The van der Waals surface area contributed by atoms with Gasteiger partial charge in [-0.25, -0.2) is 4.39 Å². The number of rotatable bonds is 5. The van der Waals surface area contributed by atoms with Crippen LogP contribution in [0.25, 0.3) is 16.9 Å². The molecule has 0 aliphatic heterocycles. The van der Waals surface area contributed by atoms with E-state index in [0.29, 0.717) is 29.1 Å². The molecule has 2 N–H and O–H groups in total. The molecule has 6 nitrogen and oxygen atoms in total. The Labute approximate surface area is 176 Å². The molecule has 8 heteroatoms. The molecule has 0 saturated heterocycles. The van der Waals surface area contributed by atoms with Gasteiger partial charge in [0.05, 0.1) is 11.4 Å². The predicted octanol–water partition coefficient (Wildman–Crippen LogP) is 3.19. The lowest BCUT2D eigenvalue weighted by atomic mass is 9.81. The minimum absolute atomic E-state index is 0.0781. The van der Waals surface area contributed by atoms with Crippen molar-refractivity contribution in [2.75, 3.05) is 6.61 Å². The van der Waals surface area contributed by atoms with Crippen molar-refractivity contribution >= 4 is 17.5 Å². The van der Waals surface area contributed by atoms with Crippen LogP contribution in [-0.2, 0) is 0 Å². The fourth-order valence-corrected chi connectivity index (χ4v) is 3.59. The van der Waals surface area contributed by atoms with E-state index in [1.54, 1.807) is 30.3 Å². The first-order valence-corrected chi connectivity index (χ1v) is 9.90. The van der Waals surface area contributed by atoms with Gasteiger partial charge in [0.15, 0.2) is 0 Å². The summed E-state index contributed by atoms with van der Waals surface area (Å²) in [5, 5.41) is 16.9. The molecule has 0 unspecified atom stereocenters. The Kier molecular flexibility index (Phi) is 5.65. The van der Waals surface area contributed by atoms with Crippen LogP contribution in [0.15, 0.2) is 59.4 Å². The Hall–Kier alpha value is -3.03. The Morgan fingerprint density at radius 3 is 2.60 bits per heavy atom. The van der Waals surface area contributed by atoms with Gasteiger partial charge < -0.3 is 10.4 Å². The average Bonchev–Trinajstić information content (AvgIpc) is 2.71. The van der Waals surface area contributed by atoms with Crippen LogP contribution in [0.2, 0.25) is 5.02 Å². The van der Waals surface area contributed by atoms with E-state index in [1.165, 1.54) is 24.3 Å². The summed E-state index contributed by atoms with van der Waals surface area (Å²) in [6.07, 6.45) is 1.32. The van der Waals surface area contributed by atoms with Crippen LogP contribution in [-0.4, -0.2) is 33.4 Å². The van der Waals surface area contributed by atoms with Gasteiger partial charge in [-0.3, -0.25) is 9.59 Å². The minimum atomic E-state index is -0.645. The van der Waals surface area contributed by atoms with E-state index in [2.05, 4.69) is 10.4 Å². The molecule has 154 valence electrons. The predicted molar refractivity (Wildman–Crippen MR) is 111 cm³/mol. The van der Waals surface area contributed by atoms with Crippen molar-refractivity contribution in [3.05, 3.63) is 81.4 Å². The number of halogens is 2. The molecule has 1 amide bonds. The molecular formula is C22H19ClFN3O3. The summed E-state index contributed by atoms with van der Waals surface area (Å²) in [7, 11) is 0. The van der Waals surface area contributed by atoms with Gasteiger partial charge in [-0.1, -0.05) is 29.8 Å². The second-order valence-corrected chi connectivity index (χ2v) is 7.77. The molecule has 0 radical (unpaired) electrons. The summed E-state index contributed by atoms with van der Waals surface area (Å²) < 4.78 is 14.8. The highest BCUT2D eigenvalue weighted by molar-refractivity contribution is 6.30. The fourth-order valence-electron chi connectivity index (χ4n) is 3.47. The second kappa shape index (κ2) is 8.38. The molecule has 2 aromatic carbocycles. The van der Waals surface area contributed by atoms with E-state index in [9.17, 15) is 14.0 Å². The number of aliphatic hydroxyl groups excluding tert-OH is 1. The molecule has 1 aromatic heterocycles. The second-order valence-electron chi connectivity index (χ2n) is 7.34. The van der Waals surface area contributed by atoms with Crippen LogP contribution >= 0.6 is 11.6 Å². The van der Waals surface area contributed by atoms with Gasteiger partial charge in [-0.2, -0.15) is 9.78 Å². The van der Waals surface area contributed by atoms with Crippen LogP contribution in [0, 0.1) is 11.7 Å². The summed E-state index contributed by atoms with van der Waals surface area (Å²) in [6, 6.07) is 13.6. The Morgan fingerprint density at radius 1 is 1.20 bits per heavy atom. The van der Waals surface area contributed by atoms with E-state index in [0.717, 1.165) is 4.68 Å². The van der Waals surface area contributed by atoms with Crippen molar-refractivity contribution in [1.29, 1.82) is 0 Å². The lowest BCUT2D eigenvalue weighted by Crippen LogP contribution is -2.47. The third kappa shape index (κ3) is 4.13. The zero-order valence-corrected chi connectivity index (χ0v) is 16.6. The summed E-state index contributed by atoms with van der Waals surface area (Å²) in [5.74, 6) is -0.876. The first-order valence-electron chi connectivity index (χ1n) is 9.52. The lowest BCUT2D eigenvalue weighted by molar-refractivity contribution is 0.0830. The summed E-state index contributed by atoms with van der Waals surface area (Å²) >= 11 is 5.95. The number of benzene rings is 2. The highest BCUT2D eigenvalue weighted by Gasteiger charge is 2.30. The quantitative estimate of drug-likeness (QED) is 0.655. The summed E-state index contributed by atoms with van der Waals surface area (Å²) in [6.45, 7) is 0.0781. The Balaban J connectivity index is 1.77. The highest BCUT2D eigenvalue weighted by Crippen LogP contribution is 2.27. The molecular weight excluding hydrogens is 409 g/mol. The number of hydrogen-bond donors (Lipinski definition) is 2. The van der Waals surface area contributed by atoms with Gasteiger partial charge in [-0.15, -0.1) is 0 Å². The molecule has 1 heterocycles. The smallest absolute Gasteiger partial charge is 0.284 e. The van der Waals surface area contributed by atoms with E-state index < -0.39 is 17.3 Å². The van der Waals surface area contributed by atoms with E-state index in [-0.39, 0.29) is 29.8 Å². The molecule has 1 saturated carbocycles. The van der Waals surface area contributed by atoms with E-state index in [1.807, 2.05) is 0 Å². The fraction of sp³-hybridized carbons (Fsp3) is 0.227. The molecule has 1 fully saturated rings. The first kappa shape index (κ1) is 20.3. The highest BCUT2D eigenvalue weighted by atomic mass is 35.5. The maximum absolute atomic E-state index is 13.7. The molecule has 4 rings (SSSR count). The number of nitrogens with zero attached hydrogens (tertiary/aromatic N) is 2. The Morgan fingerprint density at radius 2 is 1.93 bits per heavy atom. The molecule has 1 aliphatic rings. The molecule has 3 aromatic rings. The number of aliphatic hydroxyl groups is 1. The SMILES string of the molecule is O=C(N[C@H]1C[C@H](CO)C1)c1cc(-c2ccc(Cl)cc2)nn(-c2cccc(F)c2)c1=O. The van der Waals surface area contributed by atoms with Crippen LogP contribution in [0.5, 0.6) is 0 Å². The zero-order valence-electron chi connectivity index (χ0n) is 15.9. The third-order valence-corrected chi connectivity index (χ3v) is 5.43. The van der Waals surface area contributed by atoms with Gasteiger partial charge >= 0.3 is 0 Å². The van der Waals surface area contributed by atoms with Crippen LogP contribution in [0.4, 0.5) is 4.39 Å². The van der Waals surface area contributed by atoms with Crippen molar-refractivity contribution in [2.24, 2.45) is 5.92 Å². The number of aromatic nitrogens is 2. The van der Waals surface area contributed by atoms with Gasteiger partial charge in [0.1, 0.15) is 11.4 Å². The van der Waals surface area contributed by atoms with Crippen molar-refractivity contribution < 1.29 is 14.3 Å². The van der Waals surface area contributed by atoms with Crippen LogP contribution in [0.3, 0.4) is 0 Å². The van der Waals surface area contributed by atoms with Crippen LogP contribution in [0.1, 0.15) is 23.2 Å². The zero-order chi connectivity index (χ0) is 21.3. The van der Waals surface area contributed by atoms with Gasteiger partial charge in [0, 0.05) is 23.2 Å². The van der Waals surface area contributed by atoms with Gasteiger partial charge in [-0.05, 0) is 55.2 Å². The standard InChI is InChI=1S/C22H19ClFN3O3/c23-15-6-4-14(5-7-15)20-11-19(21(29)25-17-8-13(9-17)12-28)22(30)27(26-20)18-3-1-2-16(24)10-18/h1-7,10-11,13,17,28H,8-9,12H2,(H,25,29)/t13-,17-. The van der Waals surface area contributed by atoms with Gasteiger partial charge in [0.2, 0.25) is 0 Å². The molecule has 0 bridgehead atoms. The first-order chi connectivity index (χ1) is 14.4. The Bertz CT molecular complexity index is 1140. The summed E-state index contributed by atoms with van der Waals surface area (Å²) in [4.78, 5) is 25.9. The van der Waals surface area contributed by atoms with Gasteiger partial charge in [0.25, 0.3) is 11.5 Å². The number of carbonyl (C=O) groups excluding carboxylic acids is 1. The maximum atomic E-state index is 13.7. The number of carbonyl (C=O) groups is 1. The number of hydrogen-bond acceptors (Lipinski definition) is 4. The normalized spacial score (nSPS) is 18.0. The minimum Gasteiger partial charge on any atom is -0.396 e. The average molecular weight is 428 g/mol. The number of nitrogens with one attached hydrogen (secondary N) is 1. The van der Waals surface area contributed by atoms with E-state index in [4.69, 9.17) is 16.7 Å². The van der Waals surface area contributed by atoms with E-state index >= 15 is 0 Å². The van der Waals surface area contributed by atoms with Crippen molar-refractivity contribution in [3.8, 4) is 16.9 Å². The monoisotopic (exact) mass is 427 g/mol.